The minimum absolute atomic E-state index is 0.00824. The lowest BCUT2D eigenvalue weighted by atomic mass is 10.1. The zero-order valence-electron chi connectivity index (χ0n) is 10.8. The molecule has 0 fully saturated rings. The van der Waals surface area contributed by atoms with Gasteiger partial charge in [-0.05, 0) is 24.6 Å². The van der Waals surface area contributed by atoms with Crippen molar-refractivity contribution in [3.8, 4) is 11.1 Å². The fraction of sp³-hybridized carbons (Fsp3) is 0.200. The average molecular weight is 267 g/mol. The third-order valence-electron chi connectivity index (χ3n) is 3.63. The maximum Gasteiger partial charge on any atom is 0.267 e. The van der Waals surface area contributed by atoms with Crippen molar-refractivity contribution in [2.75, 3.05) is 6.54 Å². The maximum absolute atomic E-state index is 12.0. The molecule has 0 saturated carbocycles. The van der Waals surface area contributed by atoms with Crippen LogP contribution in [-0.4, -0.2) is 22.0 Å². The number of carbonyl (C=O) groups excluding carboxylic acids is 1. The first-order valence-corrected chi connectivity index (χ1v) is 6.63. The molecule has 1 aliphatic heterocycles. The Balaban J connectivity index is 1.82. The lowest BCUT2D eigenvalue weighted by Crippen LogP contribution is -2.22. The van der Waals surface area contributed by atoms with Crippen LogP contribution in [0, 0.1) is 0 Å². The van der Waals surface area contributed by atoms with Gasteiger partial charge in [0.1, 0.15) is 5.69 Å². The molecule has 5 heteroatoms. The highest BCUT2D eigenvalue weighted by Gasteiger charge is 2.17. The Morgan fingerprint density at radius 1 is 1.30 bits per heavy atom. The number of nitrogens with zero attached hydrogens (tertiary/aromatic N) is 2. The third kappa shape index (κ3) is 1.71. The topological polar surface area (TPSA) is 60.1 Å². The van der Waals surface area contributed by atoms with Crippen LogP contribution in [-0.2, 0) is 6.54 Å². The number of nitrogens with one attached hydrogen (secondary N) is 1. The molecule has 20 heavy (non-hydrogen) atoms. The molecule has 0 atom stereocenters. The number of furan rings is 1. The molecule has 0 aromatic carbocycles. The van der Waals surface area contributed by atoms with Gasteiger partial charge in [-0.1, -0.05) is 0 Å². The van der Waals surface area contributed by atoms with Gasteiger partial charge in [0.05, 0.1) is 6.26 Å². The number of hydrogen-bond acceptors (Lipinski definition) is 3. The van der Waals surface area contributed by atoms with Gasteiger partial charge >= 0.3 is 0 Å². The van der Waals surface area contributed by atoms with Gasteiger partial charge in [-0.15, -0.1) is 0 Å². The minimum Gasteiger partial charge on any atom is -0.446 e. The number of hydrogen-bond donors (Lipinski definition) is 1. The van der Waals surface area contributed by atoms with E-state index in [9.17, 15) is 4.79 Å². The smallest absolute Gasteiger partial charge is 0.267 e. The van der Waals surface area contributed by atoms with Crippen molar-refractivity contribution >= 4 is 17.0 Å². The van der Waals surface area contributed by atoms with Gasteiger partial charge in [0.2, 0.25) is 5.71 Å². The fourth-order valence-electron chi connectivity index (χ4n) is 2.60. The van der Waals surface area contributed by atoms with Gasteiger partial charge < -0.3 is 14.3 Å². The second-order valence-corrected chi connectivity index (χ2v) is 4.96. The summed E-state index contributed by atoms with van der Waals surface area (Å²) in [6.07, 6.45) is 6.37. The van der Waals surface area contributed by atoms with Crippen molar-refractivity contribution in [1.82, 2.24) is 14.9 Å². The highest BCUT2D eigenvalue weighted by atomic mass is 16.3. The van der Waals surface area contributed by atoms with Gasteiger partial charge in [0.15, 0.2) is 0 Å². The van der Waals surface area contributed by atoms with Crippen molar-refractivity contribution in [2.45, 2.75) is 13.0 Å². The Bertz CT molecular complexity index is 800. The zero-order chi connectivity index (χ0) is 13.5. The number of pyridine rings is 1. The standard InChI is InChI=1S/C15H13N3O2/c19-14-13-7-12(9-18(13)4-1-3-16-14)11-6-10-2-5-20-15(10)17-8-11/h2,5-9H,1,3-4H2,(H,16,19). The number of rotatable bonds is 1. The van der Waals surface area contributed by atoms with E-state index in [0.717, 1.165) is 36.0 Å². The first-order valence-electron chi connectivity index (χ1n) is 6.63. The van der Waals surface area contributed by atoms with Crippen molar-refractivity contribution in [3.63, 3.8) is 0 Å². The summed E-state index contributed by atoms with van der Waals surface area (Å²) in [6.45, 7) is 1.59. The average Bonchev–Trinajstić information content (AvgIpc) is 3.06. The summed E-state index contributed by atoms with van der Waals surface area (Å²) in [4.78, 5) is 16.2. The zero-order valence-corrected chi connectivity index (χ0v) is 10.8. The molecular weight excluding hydrogens is 254 g/mol. The molecule has 4 heterocycles. The second-order valence-electron chi connectivity index (χ2n) is 4.96. The van der Waals surface area contributed by atoms with Crippen molar-refractivity contribution in [2.24, 2.45) is 0 Å². The largest absolute Gasteiger partial charge is 0.446 e. The number of fused-ring (bicyclic) bond motifs is 2. The van der Waals surface area contributed by atoms with Crippen LogP contribution in [0.25, 0.3) is 22.2 Å². The van der Waals surface area contributed by atoms with Crippen LogP contribution in [0.1, 0.15) is 16.9 Å². The normalized spacial score (nSPS) is 14.9. The lowest BCUT2D eigenvalue weighted by Gasteiger charge is -2.00. The van der Waals surface area contributed by atoms with E-state index in [2.05, 4.69) is 10.3 Å². The van der Waals surface area contributed by atoms with Crippen LogP contribution in [0.2, 0.25) is 0 Å². The molecule has 1 aliphatic rings. The van der Waals surface area contributed by atoms with E-state index >= 15 is 0 Å². The molecule has 0 unspecified atom stereocenters. The first kappa shape index (κ1) is 11.3. The molecule has 0 radical (unpaired) electrons. The van der Waals surface area contributed by atoms with Crippen LogP contribution in [0.15, 0.2) is 41.3 Å². The van der Waals surface area contributed by atoms with E-state index in [1.807, 2.05) is 29.0 Å². The lowest BCUT2D eigenvalue weighted by molar-refractivity contribution is 0.0951. The molecule has 0 bridgehead atoms. The van der Waals surface area contributed by atoms with Gasteiger partial charge in [-0.2, -0.15) is 0 Å². The third-order valence-corrected chi connectivity index (χ3v) is 3.63. The molecule has 1 N–H and O–H groups in total. The SMILES string of the molecule is O=C1NCCCn2cc(-c3cnc4occc4c3)cc21. The molecule has 100 valence electrons. The van der Waals surface area contributed by atoms with E-state index in [0.29, 0.717) is 11.4 Å². The van der Waals surface area contributed by atoms with Gasteiger partial charge in [0, 0.05) is 42.0 Å². The van der Waals surface area contributed by atoms with Gasteiger partial charge in [0.25, 0.3) is 5.91 Å². The summed E-state index contributed by atoms with van der Waals surface area (Å²) in [5.41, 5.74) is 3.34. The summed E-state index contributed by atoms with van der Waals surface area (Å²) in [7, 11) is 0. The van der Waals surface area contributed by atoms with E-state index < -0.39 is 0 Å². The predicted octanol–water partition coefficient (Wildman–Crippen LogP) is 2.43. The minimum atomic E-state index is -0.00824. The summed E-state index contributed by atoms with van der Waals surface area (Å²) < 4.78 is 7.25. The molecule has 3 aromatic heterocycles. The fourth-order valence-corrected chi connectivity index (χ4v) is 2.60. The molecule has 1 amide bonds. The molecule has 0 spiro atoms. The Kier molecular flexibility index (Phi) is 2.39. The maximum atomic E-state index is 12.0. The molecule has 5 nitrogen and oxygen atoms in total. The van der Waals surface area contributed by atoms with E-state index in [4.69, 9.17) is 4.42 Å². The molecular formula is C15H13N3O2. The molecule has 3 aromatic rings. The van der Waals surface area contributed by atoms with Crippen LogP contribution < -0.4 is 5.32 Å². The Morgan fingerprint density at radius 3 is 3.20 bits per heavy atom. The summed E-state index contributed by atoms with van der Waals surface area (Å²) >= 11 is 0. The van der Waals surface area contributed by atoms with E-state index in [1.54, 1.807) is 12.5 Å². The second kappa shape index (κ2) is 4.23. The van der Waals surface area contributed by atoms with Crippen LogP contribution in [0.5, 0.6) is 0 Å². The van der Waals surface area contributed by atoms with Gasteiger partial charge in [-0.25, -0.2) is 4.98 Å². The quantitative estimate of drug-likeness (QED) is 0.736. The Hall–Kier alpha value is -2.56. The number of amides is 1. The van der Waals surface area contributed by atoms with Crippen LogP contribution in [0.3, 0.4) is 0 Å². The van der Waals surface area contributed by atoms with Crippen LogP contribution >= 0.6 is 0 Å². The van der Waals surface area contributed by atoms with E-state index in [-0.39, 0.29) is 5.91 Å². The highest BCUT2D eigenvalue weighted by molar-refractivity contribution is 5.94. The van der Waals surface area contributed by atoms with Crippen LogP contribution in [0.4, 0.5) is 0 Å². The number of aromatic nitrogens is 2. The Labute approximate surface area is 115 Å². The Morgan fingerprint density at radius 2 is 2.25 bits per heavy atom. The summed E-state index contributed by atoms with van der Waals surface area (Å²) in [6, 6.07) is 5.84. The summed E-state index contributed by atoms with van der Waals surface area (Å²) in [5.74, 6) is -0.00824. The molecule has 0 aliphatic carbocycles. The molecule has 4 rings (SSSR count). The monoisotopic (exact) mass is 267 g/mol. The predicted molar refractivity (Wildman–Crippen MR) is 74.4 cm³/mol. The van der Waals surface area contributed by atoms with Crippen molar-refractivity contribution in [1.29, 1.82) is 0 Å². The number of aryl methyl sites for hydroxylation is 1. The van der Waals surface area contributed by atoms with Crippen molar-refractivity contribution in [3.05, 3.63) is 42.5 Å². The molecule has 0 saturated heterocycles. The number of carbonyl (C=O) groups is 1. The first-order chi connectivity index (χ1) is 9.81. The highest BCUT2D eigenvalue weighted by Crippen LogP contribution is 2.26. The van der Waals surface area contributed by atoms with Crippen molar-refractivity contribution < 1.29 is 9.21 Å². The van der Waals surface area contributed by atoms with E-state index in [1.165, 1.54) is 0 Å². The summed E-state index contributed by atoms with van der Waals surface area (Å²) in [5, 5.41) is 3.87. The van der Waals surface area contributed by atoms with Gasteiger partial charge in [-0.3, -0.25) is 4.79 Å².